The summed E-state index contributed by atoms with van der Waals surface area (Å²) in [4.78, 5) is 32.2. The van der Waals surface area contributed by atoms with Crippen LogP contribution in [-0.4, -0.2) is 22.4 Å². The van der Waals surface area contributed by atoms with Crippen molar-refractivity contribution in [3.05, 3.63) is 67.8 Å². The Hall–Kier alpha value is -3.70. The molecule has 0 spiro atoms. The zero-order valence-corrected chi connectivity index (χ0v) is 14.1. The number of rotatable bonds is 6. The molecule has 0 heterocycles. The number of benzene rings is 2. The highest BCUT2D eigenvalue weighted by molar-refractivity contribution is 5.97. The molecule has 1 N–H and O–H groups in total. The highest BCUT2D eigenvalue weighted by Gasteiger charge is 2.38. The maximum atomic E-state index is 13.0. The van der Waals surface area contributed by atoms with Crippen molar-refractivity contribution in [3.8, 4) is 0 Å². The summed E-state index contributed by atoms with van der Waals surface area (Å²) in [6.45, 7) is 1.56. The van der Waals surface area contributed by atoms with E-state index >= 15 is 0 Å². The van der Waals surface area contributed by atoms with Crippen molar-refractivity contribution in [1.82, 2.24) is 0 Å². The number of ether oxygens (including phenoxy) is 1. The van der Waals surface area contributed by atoms with E-state index in [2.05, 4.69) is 5.32 Å². The number of hydrogen-bond acceptors (Lipinski definition) is 7. The molecule has 0 aromatic heterocycles. The van der Waals surface area contributed by atoms with Crippen molar-refractivity contribution in [2.24, 2.45) is 0 Å². The molecule has 2 aromatic rings. The van der Waals surface area contributed by atoms with Crippen LogP contribution in [0, 0.1) is 20.2 Å². The molecule has 0 fully saturated rings. The second-order valence-corrected chi connectivity index (χ2v) is 5.29. The van der Waals surface area contributed by atoms with Gasteiger partial charge in [0.05, 0.1) is 33.3 Å². The Morgan fingerprint density at radius 3 is 2.11 bits per heavy atom. The predicted molar refractivity (Wildman–Crippen MR) is 90.4 cm³/mol. The number of hydrogen-bond donors (Lipinski definition) is 1. The molecule has 0 aliphatic heterocycles. The number of nitrogens with one attached hydrogen (secondary N) is 1. The Bertz CT molecular complexity index is 910. The van der Waals surface area contributed by atoms with Crippen LogP contribution in [0.4, 0.5) is 35.9 Å². The standard InChI is InChI=1S/C16H12F3N3O6/c1-2-28-15(23)10-5-3-4-6-11(10)20-14-12(21(24)25)7-9(16(17,18)19)8-13(14)22(26)27/h3-8,20H,2H2,1H3. The number of alkyl halides is 3. The molecule has 12 heteroatoms. The average molecular weight is 399 g/mol. The van der Waals surface area contributed by atoms with Crippen molar-refractivity contribution >= 4 is 28.7 Å². The minimum Gasteiger partial charge on any atom is -0.462 e. The van der Waals surface area contributed by atoms with E-state index in [-0.39, 0.29) is 30.0 Å². The molecular weight excluding hydrogens is 387 g/mol. The zero-order chi connectivity index (χ0) is 21.1. The molecule has 9 nitrogen and oxygen atoms in total. The van der Waals surface area contributed by atoms with Gasteiger partial charge in [-0.3, -0.25) is 20.2 Å². The summed E-state index contributed by atoms with van der Waals surface area (Å²) in [7, 11) is 0. The summed E-state index contributed by atoms with van der Waals surface area (Å²) in [6, 6.07) is 5.81. The van der Waals surface area contributed by atoms with Crippen LogP contribution >= 0.6 is 0 Å². The number of nitro benzene ring substituents is 2. The number of nitrogens with zero attached hydrogens (tertiary/aromatic N) is 2. The lowest BCUT2D eigenvalue weighted by atomic mass is 10.1. The van der Waals surface area contributed by atoms with Crippen molar-refractivity contribution < 1.29 is 32.5 Å². The molecule has 0 atom stereocenters. The Morgan fingerprint density at radius 1 is 1.11 bits per heavy atom. The number of halogens is 3. The summed E-state index contributed by atoms with van der Waals surface area (Å²) in [5, 5.41) is 24.9. The van der Waals surface area contributed by atoms with Gasteiger partial charge in [-0.2, -0.15) is 13.2 Å². The lowest BCUT2D eigenvalue weighted by Crippen LogP contribution is -2.11. The van der Waals surface area contributed by atoms with Crippen molar-refractivity contribution in [2.75, 3.05) is 11.9 Å². The van der Waals surface area contributed by atoms with Gasteiger partial charge in [-0.05, 0) is 19.1 Å². The Labute approximate surface area is 155 Å². The summed E-state index contributed by atoms with van der Waals surface area (Å²) < 4.78 is 43.7. The smallest absolute Gasteiger partial charge is 0.416 e. The topological polar surface area (TPSA) is 125 Å². The second kappa shape index (κ2) is 7.90. The largest absolute Gasteiger partial charge is 0.462 e. The predicted octanol–water partition coefficient (Wildman–Crippen LogP) is 4.44. The Balaban J connectivity index is 2.68. The van der Waals surface area contributed by atoms with Gasteiger partial charge in [0, 0.05) is 12.1 Å². The van der Waals surface area contributed by atoms with Crippen LogP contribution in [0.15, 0.2) is 36.4 Å². The van der Waals surface area contributed by atoms with Crippen molar-refractivity contribution in [1.29, 1.82) is 0 Å². The van der Waals surface area contributed by atoms with E-state index in [4.69, 9.17) is 4.74 Å². The van der Waals surface area contributed by atoms with E-state index in [0.717, 1.165) is 0 Å². The molecule has 0 saturated heterocycles. The maximum absolute atomic E-state index is 13.0. The molecule has 0 radical (unpaired) electrons. The number of nitro groups is 2. The highest BCUT2D eigenvalue weighted by Crippen LogP contribution is 2.42. The van der Waals surface area contributed by atoms with Gasteiger partial charge in [-0.15, -0.1) is 0 Å². The quantitative estimate of drug-likeness (QED) is 0.432. The molecule has 0 amide bonds. The van der Waals surface area contributed by atoms with Crippen molar-refractivity contribution in [3.63, 3.8) is 0 Å². The van der Waals surface area contributed by atoms with Crippen LogP contribution in [0.3, 0.4) is 0 Å². The molecule has 148 valence electrons. The average Bonchev–Trinajstić information content (AvgIpc) is 2.61. The van der Waals surface area contributed by atoms with Gasteiger partial charge >= 0.3 is 12.1 Å². The minimum atomic E-state index is -5.03. The van der Waals surface area contributed by atoms with Crippen LogP contribution in [0.1, 0.15) is 22.8 Å². The lowest BCUT2D eigenvalue weighted by Gasteiger charge is -2.13. The van der Waals surface area contributed by atoms with Gasteiger partial charge < -0.3 is 10.1 Å². The third-order valence-corrected chi connectivity index (χ3v) is 3.50. The summed E-state index contributed by atoms with van der Waals surface area (Å²) in [6.07, 6.45) is -5.03. The fraction of sp³-hybridized carbons (Fsp3) is 0.188. The molecule has 0 unspecified atom stereocenters. The maximum Gasteiger partial charge on any atom is 0.416 e. The first-order valence-corrected chi connectivity index (χ1v) is 7.63. The van der Waals surface area contributed by atoms with E-state index in [1.807, 2.05) is 0 Å². The summed E-state index contributed by atoms with van der Waals surface area (Å²) in [5.41, 5.74) is -4.88. The molecule has 2 rings (SSSR count). The number of carbonyl (C=O) groups excluding carboxylic acids is 1. The van der Waals surface area contributed by atoms with Crippen LogP contribution in [0.25, 0.3) is 0 Å². The van der Waals surface area contributed by atoms with Gasteiger partial charge in [0.15, 0.2) is 5.69 Å². The van der Waals surface area contributed by atoms with Gasteiger partial charge in [-0.1, -0.05) is 12.1 Å². The first-order chi connectivity index (χ1) is 13.1. The fourth-order valence-electron chi connectivity index (χ4n) is 2.31. The zero-order valence-electron chi connectivity index (χ0n) is 14.1. The summed E-state index contributed by atoms with van der Waals surface area (Å²) >= 11 is 0. The number of esters is 1. The molecule has 0 aliphatic carbocycles. The highest BCUT2D eigenvalue weighted by atomic mass is 19.4. The van der Waals surface area contributed by atoms with E-state index in [0.29, 0.717) is 0 Å². The minimum absolute atomic E-state index is 0.0216. The SMILES string of the molecule is CCOC(=O)c1ccccc1Nc1c([N+](=O)[O-])cc(C(F)(F)F)cc1[N+](=O)[O-]. The van der Waals surface area contributed by atoms with Gasteiger partial charge in [-0.25, -0.2) is 4.79 Å². The summed E-state index contributed by atoms with van der Waals surface area (Å²) in [5.74, 6) is -0.817. The van der Waals surface area contributed by atoms with Crippen LogP contribution < -0.4 is 5.32 Å². The fourth-order valence-corrected chi connectivity index (χ4v) is 2.31. The van der Waals surface area contributed by atoms with Gasteiger partial charge in [0.25, 0.3) is 11.4 Å². The first kappa shape index (κ1) is 20.6. The Morgan fingerprint density at radius 2 is 1.64 bits per heavy atom. The monoisotopic (exact) mass is 399 g/mol. The van der Waals surface area contributed by atoms with Crippen molar-refractivity contribution in [2.45, 2.75) is 13.1 Å². The van der Waals surface area contributed by atoms with E-state index in [9.17, 15) is 38.2 Å². The van der Waals surface area contributed by atoms with Gasteiger partial charge in [0.2, 0.25) is 0 Å². The molecule has 0 saturated carbocycles. The first-order valence-electron chi connectivity index (χ1n) is 7.63. The van der Waals surface area contributed by atoms with Crippen LogP contribution in [0.5, 0.6) is 0 Å². The number of anilines is 2. The third-order valence-electron chi connectivity index (χ3n) is 3.50. The van der Waals surface area contributed by atoms with E-state index in [1.54, 1.807) is 6.92 Å². The van der Waals surface area contributed by atoms with Crippen LogP contribution in [-0.2, 0) is 10.9 Å². The van der Waals surface area contributed by atoms with Gasteiger partial charge in [0.1, 0.15) is 0 Å². The third kappa shape index (κ3) is 4.34. The molecule has 28 heavy (non-hydrogen) atoms. The second-order valence-electron chi connectivity index (χ2n) is 5.29. The van der Waals surface area contributed by atoms with E-state index < -0.39 is 44.6 Å². The van der Waals surface area contributed by atoms with E-state index in [1.165, 1.54) is 24.3 Å². The van der Waals surface area contributed by atoms with Crippen LogP contribution in [0.2, 0.25) is 0 Å². The number of carbonyl (C=O) groups is 1. The normalized spacial score (nSPS) is 11.0. The molecule has 0 bridgehead atoms. The molecule has 0 aliphatic rings. The molecular formula is C16H12F3N3O6. The number of para-hydroxylation sites is 1. The molecule has 2 aromatic carbocycles. The lowest BCUT2D eigenvalue weighted by molar-refractivity contribution is -0.392. The Kier molecular flexibility index (Phi) is 5.81.